The van der Waals surface area contributed by atoms with Gasteiger partial charge in [-0.05, 0) is 54.1 Å². The highest BCUT2D eigenvalue weighted by Crippen LogP contribution is 2.34. The van der Waals surface area contributed by atoms with E-state index in [0.717, 1.165) is 52.3 Å². The number of anilines is 1. The van der Waals surface area contributed by atoms with Gasteiger partial charge in [0.25, 0.3) is 0 Å². The SMILES string of the molecule is CN/C=C(\C=N)c1ccc2c(c1)C(Nc1ccc3cc[nH]c3c1)CCN/C2=C(/C)N. The second-order valence-electron chi connectivity index (χ2n) is 7.58. The van der Waals surface area contributed by atoms with Gasteiger partial charge < -0.3 is 32.1 Å². The van der Waals surface area contributed by atoms with E-state index in [-0.39, 0.29) is 6.04 Å². The van der Waals surface area contributed by atoms with E-state index in [1.807, 2.05) is 32.4 Å². The predicted molar refractivity (Wildman–Crippen MR) is 126 cm³/mol. The summed E-state index contributed by atoms with van der Waals surface area (Å²) in [4.78, 5) is 3.28. The summed E-state index contributed by atoms with van der Waals surface area (Å²) >= 11 is 0. The summed E-state index contributed by atoms with van der Waals surface area (Å²) in [6.45, 7) is 2.75. The van der Waals surface area contributed by atoms with Gasteiger partial charge in [0.15, 0.2) is 0 Å². The zero-order chi connectivity index (χ0) is 21.1. The Morgan fingerprint density at radius 3 is 2.83 bits per heavy atom. The molecule has 0 aliphatic carbocycles. The molecule has 2 aromatic carbocycles. The lowest BCUT2D eigenvalue weighted by Gasteiger charge is -2.22. The van der Waals surface area contributed by atoms with Gasteiger partial charge >= 0.3 is 0 Å². The lowest BCUT2D eigenvalue weighted by atomic mass is 9.92. The summed E-state index contributed by atoms with van der Waals surface area (Å²) in [7, 11) is 1.84. The Hall–Kier alpha value is -3.67. The second-order valence-corrected chi connectivity index (χ2v) is 7.58. The van der Waals surface area contributed by atoms with Crippen LogP contribution in [-0.4, -0.2) is 24.8 Å². The van der Waals surface area contributed by atoms with Crippen molar-refractivity contribution in [3.05, 3.63) is 77.2 Å². The summed E-state index contributed by atoms with van der Waals surface area (Å²) in [6, 6.07) is 14.9. The predicted octanol–water partition coefficient (Wildman–Crippen LogP) is 4.17. The van der Waals surface area contributed by atoms with Crippen LogP contribution in [0.2, 0.25) is 0 Å². The molecule has 0 saturated carbocycles. The van der Waals surface area contributed by atoms with Gasteiger partial charge in [0.05, 0.1) is 11.7 Å². The van der Waals surface area contributed by atoms with Crippen LogP contribution >= 0.6 is 0 Å². The van der Waals surface area contributed by atoms with E-state index in [1.165, 1.54) is 17.2 Å². The number of nitrogens with one attached hydrogen (secondary N) is 5. The van der Waals surface area contributed by atoms with Crippen LogP contribution in [0.5, 0.6) is 0 Å². The molecule has 0 fully saturated rings. The Morgan fingerprint density at radius 1 is 1.20 bits per heavy atom. The van der Waals surface area contributed by atoms with E-state index < -0.39 is 0 Å². The van der Waals surface area contributed by atoms with Gasteiger partial charge in [-0.25, -0.2) is 0 Å². The minimum Gasteiger partial charge on any atom is -0.401 e. The fourth-order valence-corrected chi connectivity index (χ4v) is 4.05. The molecule has 30 heavy (non-hydrogen) atoms. The normalized spacial score (nSPS) is 18.2. The maximum atomic E-state index is 7.79. The fourth-order valence-electron chi connectivity index (χ4n) is 4.05. The largest absolute Gasteiger partial charge is 0.401 e. The number of benzene rings is 2. The number of aromatic nitrogens is 1. The summed E-state index contributed by atoms with van der Waals surface area (Å²) in [5, 5.41) is 19.2. The molecule has 3 aromatic rings. The summed E-state index contributed by atoms with van der Waals surface area (Å²) in [5.74, 6) is 0. The number of allylic oxidation sites excluding steroid dienone is 2. The Labute approximate surface area is 176 Å². The number of rotatable bonds is 5. The number of hydrogen-bond acceptors (Lipinski definition) is 5. The highest BCUT2D eigenvalue weighted by atomic mass is 15.0. The van der Waals surface area contributed by atoms with Crippen molar-refractivity contribution in [2.45, 2.75) is 19.4 Å². The van der Waals surface area contributed by atoms with Crippen molar-refractivity contribution in [2.75, 3.05) is 18.9 Å². The van der Waals surface area contributed by atoms with Crippen molar-refractivity contribution in [2.24, 2.45) is 5.73 Å². The molecule has 2 heterocycles. The Morgan fingerprint density at radius 2 is 2.07 bits per heavy atom. The lowest BCUT2D eigenvalue weighted by Crippen LogP contribution is -2.16. The standard InChI is InChI=1S/C24H28N6/c1-15(26)24-20-6-4-17(18(13-25)14-27-2)11-21(20)22(8-10-29-24)30-19-5-3-16-7-9-28-23(16)12-19/h3-7,9,11-14,22,25,27-30H,8,10,26H2,1-2H3/b18-14+,24-15-,25-13?. The second kappa shape index (κ2) is 8.37. The van der Waals surface area contributed by atoms with Gasteiger partial charge in [0.1, 0.15) is 0 Å². The van der Waals surface area contributed by atoms with Crippen molar-refractivity contribution in [1.29, 1.82) is 5.41 Å². The minimum absolute atomic E-state index is 0.110. The van der Waals surface area contributed by atoms with Crippen LogP contribution in [0.4, 0.5) is 5.69 Å². The van der Waals surface area contributed by atoms with Crippen LogP contribution in [0.3, 0.4) is 0 Å². The molecule has 1 aliphatic heterocycles. The van der Waals surface area contributed by atoms with Gasteiger partial charge in [0.2, 0.25) is 0 Å². The first-order valence-electron chi connectivity index (χ1n) is 10.2. The number of aromatic amines is 1. The Balaban J connectivity index is 1.79. The molecule has 6 heteroatoms. The molecule has 1 atom stereocenters. The Kier molecular flexibility index (Phi) is 5.48. The van der Waals surface area contributed by atoms with Crippen LogP contribution in [0, 0.1) is 5.41 Å². The third-order valence-corrected chi connectivity index (χ3v) is 5.51. The van der Waals surface area contributed by atoms with Crippen LogP contribution in [0.15, 0.2) is 60.6 Å². The molecule has 1 unspecified atom stereocenters. The molecule has 0 amide bonds. The van der Waals surface area contributed by atoms with Gasteiger partial charge in [-0.15, -0.1) is 0 Å². The van der Waals surface area contributed by atoms with E-state index >= 15 is 0 Å². The van der Waals surface area contributed by atoms with Gasteiger partial charge in [0, 0.05) is 60.2 Å². The maximum absolute atomic E-state index is 7.79. The zero-order valence-corrected chi connectivity index (χ0v) is 17.3. The first kappa shape index (κ1) is 19.6. The topological polar surface area (TPSA) is 102 Å². The van der Waals surface area contributed by atoms with E-state index in [9.17, 15) is 0 Å². The molecule has 154 valence electrons. The minimum atomic E-state index is 0.110. The smallest absolute Gasteiger partial charge is 0.0605 e. The molecule has 0 saturated heterocycles. The number of hydrogen-bond donors (Lipinski definition) is 6. The molecule has 1 aromatic heterocycles. The average molecular weight is 401 g/mol. The van der Waals surface area contributed by atoms with E-state index in [1.54, 1.807) is 0 Å². The highest BCUT2D eigenvalue weighted by Gasteiger charge is 2.23. The van der Waals surface area contributed by atoms with E-state index in [0.29, 0.717) is 0 Å². The molecule has 1 aliphatic rings. The Bertz CT molecular complexity index is 1130. The number of H-pyrrole nitrogens is 1. The highest BCUT2D eigenvalue weighted by molar-refractivity contribution is 6.08. The van der Waals surface area contributed by atoms with Crippen LogP contribution in [-0.2, 0) is 0 Å². The third kappa shape index (κ3) is 3.76. The van der Waals surface area contributed by atoms with Gasteiger partial charge in [-0.1, -0.05) is 18.2 Å². The van der Waals surface area contributed by atoms with Crippen molar-refractivity contribution < 1.29 is 0 Å². The number of fused-ring (bicyclic) bond motifs is 2. The molecule has 4 rings (SSSR count). The van der Waals surface area contributed by atoms with Crippen molar-refractivity contribution >= 4 is 34.1 Å². The maximum Gasteiger partial charge on any atom is 0.0605 e. The van der Waals surface area contributed by atoms with Crippen LogP contribution in [0.25, 0.3) is 22.2 Å². The zero-order valence-electron chi connectivity index (χ0n) is 17.3. The average Bonchev–Trinajstić information content (AvgIpc) is 3.14. The van der Waals surface area contributed by atoms with Crippen LogP contribution < -0.4 is 21.7 Å². The molecule has 0 spiro atoms. The summed E-state index contributed by atoms with van der Waals surface area (Å²) in [6.07, 6.45) is 6.08. The van der Waals surface area contributed by atoms with Crippen LogP contribution in [0.1, 0.15) is 36.1 Å². The first-order valence-corrected chi connectivity index (χ1v) is 10.2. The molecule has 0 radical (unpaired) electrons. The quantitative estimate of drug-likeness (QED) is 0.362. The molecule has 7 N–H and O–H groups in total. The first-order chi connectivity index (χ1) is 14.6. The van der Waals surface area contributed by atoms with Gasteiger partial charge in [-0.2, -0.15) is 0 Å². The summed E-state index contributed by atoms with van der Waals surface area (Å²) in [5.41, 5.74) is 14.3. The third-order valence-electron chi connectivity index (χ3n) is 5.51. The molecule has 0 bridgehead atoms. The molecular weight excluding hydrogens is 372 g/mol. The van der Waals surface area contributed by atoms with Crippen molar-refractivity contribution in [1.82, 2.24) is 15.6 Å². The van der Waals surface area contributed by atoms with Gasteiger partial charge in [-0.3, -0.25) is 0 Å². The lowest BCUT2D eigenvalue weighted by molar-refractivity contribution is 0.683. The summed E-state index contributed by atoms with van der Waals surface area (Å²) < 4.78 is 0. The molecular formula is C24H28N6. The van der Waals surface area contributed by atoms with E-state index in [2.05, 4.69) is 57.3 Å². The monoisotopic (exact) mass is 400 g/mol. The number of nitrogens with two attached hydrogens (primary N) is 1. The fraction of sp³-hybridized carbons (Fsp3) is 0.208. The molecule has 6 nitrogen and oxygen atoms in total. The van der Waals surface area contributed by atoms with E-state index in [4.69, 9.17) is 11.1 Å². The van der Waals surface area contributed by atoms with Crippen molar-refractivity contribution in [3.8, 4) is 0 Å². The van der Waals surface area contributed by atoms with Crippen molar-refractivity contribution in [3.63, 3.8) is 0 Å².